The second kappa shape index (κ2) is 7.40. The first-order valence-electron chi connectivity index (χ1n) is 7.69. The molecule has 1 aromatic heterocycles. The van der Waals surface area contributed by atoms with Gasteiger partial charge >= 0.3 is 5.97 Å². The Kier molecular flexibility index (Phi) is 5.04. The van der Waals surface area contributed by atoms with Crippen LogP contribution in [0.3, 0.4) is 0 Å². The van der Waals surface area contributed by atoms with Crippen molar-refractivity contribution < 1.29 is 14.7 Å². The van der Waals surface area contributed by atoms with Crippen LogP contribution >= 0.6 is 11.8 Å². The predicted molar refractivity (Wildman–Crippen MR) is 98.0 cm³/mol. The van der Waals surface area contributed by atoms with Crippen molar-refractivity contribution in [2.45, 2.75) is 18.5 Å². The van der Waals surface area contributed by atoms with E-state index in [4.69, 9.17) is 5.11 Å². The van der Waals surface area contributed by atoms with Crippen molar-refractivity contribution in [2.24, 2.45) is 0 Å². The first kappa shape index (κ1) is 17.0. The number of anilines is 1. The van der Waals surface area contributed by atoms with Gasteiger partial charge in [0.25, 0.3) is 0 Å². The summed E-state index contributed by atoms with van der Waals surface area (Å²) in [7, 11) is 0. The Hall–Kier alpha value is -2.80. The van der Waals surface area contributed by atoms with Crippen LogP contribution in [-0.4, -0.2) is 32.7 Å². The first-order valence-corrected chi connectivity index (χ1v) is 8.68. The van der Waals surface area contributed by atoms with Gasteiger partial charge in [0.1, 0.15) is 0 Å². The van der Waals surface area contributed by atoms with Crippen LogP contribution in [0.5, 0.6) is 0 Å². The van der Waals surface area contributed by atoms with Crippen LogP contribution in [0.15, 0.2) is 47.6 Å². The molecule has 25 heavy (non-hydrogen) atoms. The lowest BCUT2D eigenvalue weighted by Gasteiger charge is -2.05. The highest BCUT2D eigenvalue weighted by molar-refractivity contribution is 7.99. The van der Waals surface area contributed by atoms with Gasteiger partial charge in [-0.05, 0) is 42.3 Å². The number of nitrogens with one attached hydrogen (secondary N) is 2. The summed E-state index contributed by atoms with van der Waals surface area (Å²) in [6.07, 6.45) is -0.0321. The van der Waals surface area contributed by atoms with Gasteiger partial charge in [-0.3, -0.25) is 9.59 Å². The highest BCUT2D eigenvalue weighted by atomic mass is 32.2. The second-order valence-electron chi connectivity index (χ2n) is 5.67. The number of carboxylic acids is 1. The number of aromatic amines is 1. The molecule has 0 fully saturated rings. The fourth-order valence-corrected chi connectivity index (χ4v) is 3.06. The van der Waals surface area contributed by atoms with Crippen LogP contribution in [0, 0.1) is 6.92 Å². The van der Waals surface area contributed by atoms with Crippen molar-refractivity contribution >= 4 is 40.4 Å². The molecule has 0 aliphatic carbocycles. The monoisotopic (exact) mass is 355 g/mol. The van der Waals surface area contributed by atoms with Crippen molar-refractivity contribution in [3.63, 3.8) is 0 Å². The smallest absolute Gasteiger partial charge is 0.307 e. The van der Waals surface area contributed by atoms with E-state index in [0.717, 1.165) is 16.6 Å². The molecule has 3 rings (SSSR count). The SMILES string of the molecule is Cc1ccc2nc(SCC(=O)Nc3ccc(CC(=O)O)cc3)[nH]c2c1. The number of carboxylic acid groups (broad SMARTS) is 1. The number of hydrogen-bond donors (Lipinski definition) is 3. The summed E-state index contributed by atoms with van der Waals surface area (Å²) in [5.74, 6) is -0.794. The van der Waals surface area contributed by atoms with Gasteiger partial charge in [-0.1, -0.05) is 30.0 Å². The maximum atomic E-state index is 12.1. The molecule has 0 spiro atoms. The Balaban J connectivity index is 1.55. The van der Waals surface area contributed by atoms with E-state index in [1.165, 1.54) is 11.8 Å². The van der Waals surface area contributed by atoms with E-state index in [0.29, 0.717) is 16.4 Å². The van der Waals surface area contributed by atoms with E-state index in [9.17, 15) is 9.59 Å². The molecule has 0 atom stereocenters. The quantitative estimate of drug-likeness (QED) is 0.590. The molecule has 1 amide bonds. The number of aliphatic carboxylic acids is 1. The fourth-order valence-electron chi connectivity index (χ4n) is 2.38. The van der Waals surface area contributed by atoms with Crippen molar-refractivity contribution in [3.05, 3.63) is 53.6 Å². The summed E-state index contributed by atoms with van der Waals surface area (Å²) in [6, 6.07) is 12.7. The maximum absolute atomic E-state index is 12.1. The van der Waals surface area contributed by atoms with Crippen LogP contribution in [0.1, 0.15) is 11.1 Å². The molecular formula is C18H17N3O3S. The van der Waals surface area contributed by atoms with Gasteiger partial charge in [-0.15, -0.1) is 0 Å². The van der Waals surface area contributed by atoms with Crippen LogP contribution in [0.25, 0.3) is 11.0 Å². The number of benzene rings is 2. The molecular weight excluding hydrogens is 338 g/mol. The molecule has 0 aliphatic rings. The summed E-state index contributed by atoms with van der Waals surface area (Å²) in [5, 5.41) is 12.2. The standard InChI is InChI=1S/C18H17N3O3S/c1-11-2-7-14-15(8-11)21-18(20-14)25-10-16(22)19-13-5-3-12(4-6-13)9-17(23)24/h2-8H,9-10H2,1H3,(H,19,22)(H,20,21)(H,23,24). The van der Waals surface area contributed by atoms with Gasteiger partial charge in [-0.25, -0.2) is 4.98 Å². The van der Waals surface area contributed by atoms with E-state index < -0.39 is 5.97 Å². The van der Waals surface area contributed by atoms with Gasteiger partial charge in [0.05, 0.1) is 23.2 Å². The first-order chi connectivity index (χ1) is 12.0. The van der Waals surface area contributed by atoms with E-state index in [-0.39, 0.29) is 18.1 Å². The summed E-state index contributed by atoms with van der Waals surface area (Å²) in [6.45, 7) is 2.02. The summed E-state index contributed by atoms with van der Waals surface area (Å²) in [4.78, 5) is 30.3. The number of thioether (sulfide) groups is 1. The third-order valence-electron chi connectivity index (χ3n) is 3.55. The van der Waals surface area contributed by atoms with Gasteiger partial charge in [0.2, 0.25) is 5.91 Å². The zero-order valence-corrected chi connectivity index (χ0v) is 14.4. The van der Waals surface area contributed by atoms with Gasteiger partial charge < -0.3 is 15.4 Å². The molecule has 7 heteroatoms. The number of nitrogens with zero attached hydrogens (tertiary/aromatic N) is 1. The van der Waals surface area contributed by atoms with Crippen molar-refractivity contribution in [2.75, 3.05) is 11.1 Å². The Morgan fingerprint density at radius 3 is 2.68 bits per heavy atom. The number of carbonyl (C=O) groups excluding carboxylic acids is 1. The molecule has 0 aliphatic heterocycles. The third-order valence-corrected chi connectivity index (χ3v) is 4.42. The van der Waals surface area contributed by atoms with E-state index in [1.807, 2.05) is 25.1 Å². The number of hydrogen-bond acceptors (Lipinski definition) is 4. The Labute approximate surface area is 148 Å². The summed E-state index contributed by atoms with van der Waals surface area (Å²) >= 11 is 1.33. The van der Waals surface area contributed by atoms with Gasteiger partial charge in [-0.2, -0.15) is 0 Å². The average Bonchev–Trinajstić information content (AvgIpc) is 2.96. The minimum Gasteiger partial charge on any atom is -0.481 e. The topological polar surface area (TPSA) is 95.1 Å². The fraction of sp³-hybridized carbons (Fsp3) is 0.167. The lowest BCUT2D eigenvalue weighted by molar-refractivity contribution is -0.136. The van der Waals surface area contributed by atoms with E-state index >= 15 is 0 Å². The zero-order valence-electron chi connectivity index (χ0n) is 13.6. The predicted octanol–water partition coefficient (Wildman–Crippen LogP) is 3.23. The number of amides is 1. The second-order valence-corrected chi connectivity index (χ2v) is 6.63. The number of rotatable bonds is 6. The van der Waals surface area contributed by atoms with E-state index in [1.54, 1.807) is 24.3 Å². The number of aromatic nitrogens is 2. The number of aryl methyl sites for hydroxylation is 1. The summed E-state index contributed by atoms with van der Waals surface area (Å²) in [5.41, 5.74) is 4.31. The van der Waals surface area contributed by atoms with Crippen molar-refractivity contribution in [1.29, 1.82) is 0 Å². The minimum atomic E-state index is -0.880. The molecule has 0 saturated carbocycles. The lowest BCUT2D eigenvalue weighted by Crippen LogP contribution is -2.14. The highest BCUT2D eigenvalue weighted by Crippen LogP contribution is 2.20. The van der Waals surface area contributed by atoms with Gasteiger partial charge in [0.15, 0.2) is 5.16 Å². The van der Waals surface area contributed by atoms with Crippen LogP contribution < -0.4 is 5.32 Å². The molecule has 0 saturated heterocycles. The molecule has 0 radical (unpaired) electrons. The molecule has 128 valence electrons. The number of carbonyl (C=O) groups is 2. The largest absolute Gasteiger partial charge is 0.481 e. The molecule has 0 bridgehead atoms. The number of imidazole rings is 1. The molecule has 2 aromatic carbocycles. The van der Waals surface area contributed by atoms with Gasteiger partial charge in [0, 0.05) is 5.69 Å². The maximum Gasteiger partial charge on any atom is 0.307 e. The normalized spacial score (nSPS) is 10.8. The number of fused-ring (bicyclic) bond motifs is 1. The third kappa shape index (κ3) is 4.60. The lowest BCUT2D eigenvalue weighted by atomic mass is 10.1. The van der Waals surface area contributed by atoms with Crippen LogP contribution in [0.2, 0.25) is 0 Å². The molecule has 3 N–H and O–H groups in total. The number of H-pyrrole nitrogens is 1. The Morgan fingerprint density at radius 2 is 1.96 bits per heavy atom. The molecule has 3 aromatic rings. The van der Waals surface area contributed by atoms with Crippen molar-refractivity contribution in [1.82, 2.24) is 9.97 Å². The molecule has 1 heterocycles. The molecule has 6 nitrogen and oxygen atoms in total. The van der Waals surface area contributed by atoms with E-state index in [2.05, 4.69) is 15.3 Å². The zero-order chi connectivity index (χ0) is 17.8. The van der Waals surface area contributed by atoms with Crippen LogP contribution in [-0.2, 0) is 16.0 Å². The Morgan fingerprint density at radius 1 is 1.20 bits per heavy atom. The average molecular weight is 355 g/mol. The summed E-state index contributed by atoms with van der Waals surface area (Å²) < 4.78 is 0. The van der Waals surface area contributed by atoms with Crippen molar-refractivity contribution in [3.8, 4) is 0 Å². The molecule has 0 unspecified atom stereocenters. The Bertz CT molecular complexity index is 919. The van der Waals surface area contributed by atoms with Crippen LogP contribution in [0.4, 0.5) is 5.69 Å². The highest BCUT2D eigenvalue weighted by Gasteiger charge is 2.08. The minimum absolute atomic E-state index is 0.0321.